The van der Waals surface area contributed by atoms with Gasteiger partial charge in [-0.2, -0.15) is 0 Å². The molecule has 0 unspecified atom stereocenters. The fourth-order valence-corrected chi connectivity index (χ4v) is 8.33. The van der Waals surface area contributed by atoms with E-state index in [2.05, 4.69) is 52.5 Å². The first kappa shape index (κ1) is 70.5. The third kappa shape index (κ3) is 25.4. The Morgan fingerprint density at radius 1 is 0.470 bits per heavy atom. The Morgan fingerprint density at radius 2 is 0.855 bits per heavy atom. The second-order valence-corrected chi connectivity index (χ2v) is 21.4. The Bertz CT molecular complexity index is 2560. The van der Waals surface area contributed by atoms with Crippen LogP contribution in [0.15, 0.2) is 64.6 Å². The van der Waals surface area contributed by atoms with E-state index < -0.39 is 144 Å². The molecule has 0 heterocycles. The Hall–Kier alpha value is -8.56. The molecule has 28 nitrogen and oxygen atoms in total. The summed E-state index contributed by atoms with van der Waals surface area (Å²) >= 11 is 0. The predicted molar refractivity (Wildman–Crippen MR) is 311 cm³/mol. The lowest BCUT2D eigenvalue weighted by atomic mass is 9.96. The normalized spacial score (nSPS) is 14.7. The van der Waals surface area contributed by atoms with E-state index in [0.717, 1.165) is 0 Å². The van der Waals surface area contributed by atoms with Crippen LogP contribution in [-0.2, 0) is 60.8 Å². The van der Waals surface area contributed by atoms with Gasteiger partial charge in [-0.1, -0.05) is 104 Å². The van der Waals surface area contributed by atoms with E-state index in [4.69, 9.17) is 34.4 Å². The average molecular weight is 1170 g/mol. The fourth-order valence-electron chi connectivity index (χ4n) is 8.33. The van der Waals surface area contributed by atoms with Gasteiger partial charge in [0.1, 0.15) is 54.1 Å². The molecule has 83 heavy (non-hydrogen) atoms. The van der Waals surface area contributed by atoms with Crippen LogP contribution in [0.2, 0.25) is 0 Å². The summed E-state index contributed by atoms with van der Waals surface area (Å²) in [4.78, 5) is 145. The number of nitrogens with two attached hydrogens (primary N) is 6. The molecule has 0 saturated carbocycles. The van der Waals surface area contributed by atoms with Crippen LogP contribution < -0.4 is 76.9 Å². The fraction of sp³-hybridized carbons (Fsp3) is 0.564. The van der Waals surface area contributed by atoms with Gasteiger partial charge in [-0.3, -0.25) is 53.1 Å². The second-order valence-electron chi connectivity index (χ2n) is 21.4. The molecule has 0 saturated heterocycles. The van der Waals surface area contributed by atoms with Crippen LogP contribution in [0.25, 0.3) is 0 Å². The molecule has 0 aliphatic heterocycles. The SMILES string of the molecule is CC[C@H](C)[C@H](NC(=O)[C@@H](N)CCCN=C(N)N)C(=O)N[C@@H](Cc1ccccc1)C(=O)N[C@H](C(=O)N[C@@H](CCCN=C(N)N)C(=O)N[C@H](C(=O)N[C@@H](Cc1ccc(O)cc1)C(=O)N[C@@H](CC(N)=O)C(=O)N[C@H](C(=O)O)C(C)C)C(C)C)C(C)C. The van der Waals surface area contributed by atoms with Gasteiger partial charge in [0.15, 0.2) is 11.9 Å². The molecule has 0 aromatic heterocycles. The zero-order chi connectivity index (χ0) is 62.7. The van der Waals surface area contributed by atoms with Gasteiger partial charge in [0.05, 0.1) is 12.5 Å². The Morgan fingerprint density at radius 3 is 1.30 bits per heavy atom. The van der Waals surface area contributed by atoms with Gasteiger partial charge in [0.25, 0.3) is 0 Å². The third-order valence-corrected chi connectivity index (χ3v) is 13.4. The number of carboxylic acid groups (broad SMARTS) is 1. The number of hydrogen-bond donors (Lipinski definition) is 16. The molecule has 0 fully saturated rings. The van der Waals surface area contributed by atoms with Crippen LogP contribution >= 0.6 is 0 Å². The molecule has 2 rings (SSSR count). The minimum atomic E-state index is -1.69. The highest BCUT2D eigenvalue weighted by Gasteiger charge is 2.37. The molecule has 0 radical (unpaired) electrons. The number of carboxylic acids is 1. The Labute approximate surface area is 484 Å². The number of phenols is 1. The van der Waals surface area contributed by atoms with Crippen molar-refractivity contribution < 1.29 is 58.2 Å². The molecule has 460 valence electrons. The number of guanidine groups is 2. The first-order valence-electron chi connectivity index (χ1n) is 27.6. The van der Waals surface area contributed by atoms with E-state index in [0.29, 0.717) is 24.0 Å². The minimum Gasteiger partial charge on any atom is -0.508 e. The number of benzene rings is 2. The van der Waals surface area contributed by atoms with Gasteiger partial charge >= 0.3 is 5.97 Å². The largest absolute Gasteiger partial charge is 0.508 e. The number of primary amides is 1. The summed E-state index contributed by atoms with van der Waals surface area (Å²) in [6.45, 7) is 13.4. The van der Waals surface area contributed by atoms with Crippen LogP contribution in [0.5, 0.6) is 5.75 Å². The zero-order valence-corrected chi connectivity index (χ0v) is 48.6. The van der Waals surface area contributed by atoms with Gasteiger partial charge in [-0.15, -0.1) is 0 Å². The topological polar surface area (TPSA) is 488 Å². The number of carbonyl (C=O) groups excluding carboxylic acids is 9. The van der Waals surface area contributed by atoms with E-state index in [9.17, 15) is 58.2 Å². The summed E-state index contributed by atoms with van der Waals surface area (Å²) in [7, 11) is 0. The predicted octanol–water partition coefficient (Wildman–Crippen LogP) is -2.54. The number of nitrogens with one attached hydrogen (secondary N) is 8. The maximum absolute atomic E-state index is 14.5. The maximum Gasteiger partial charge on any atom is 0.326 e. The van der Waals surface area contributed by atoms with Gasteiger partial charge < -0.3 is 87.1 Å². The number of amides is 9. The molecule has 22 N–H and O–H groups in total. The van der Waals surface area contributed by atoms with Crippen molar-refractivity contribution in [3.05, 3.63) is 65.7 Å². The zero-order valence-electron chi connectivity index (χ0n) is 48.6. The van der Waals surface area contributed by atoms with Crippen LogP contribution in [0, 0.1) is 23.7 Å². The number of rotatable bonds is 36. The lowest BCUT2D eigenvalue weighted by Crippen LogP contribution is -2.62. The molecule has 28 heteroatoms. The summed E-state index contributed by atoms with van der Waals surface area (Å²) in [5, 5.41) is 40.6. The van der Waals surface area contributed by atoms with Crippen molar-refractivity contribution >= 4 is 71.1 Å². The average Bonchev–Trinajstić information content (AvgIpc) is 3.45. The molecular weight excluding hydrogens is 1080 g/mol. The molecule has 2 aromatic carbocycles. The first-order valence-corrected chi connectivity index (χ1v) is 27.6. The van der Waals surface area contributed by atoms with E-state index in [-0.39, 0.29) is 62.9 Å². The number of hydrogen-bond acceptors (Lipinski definition) is 14. The highest BCUT2D eigenvalue weighted by Crippen LogP contribution is 2.16. The summed E-state index contributed by atoms with van der Waals surface area (Å²) in [5.74, 6) is -12.0. The third-order valence-electron chi connectivity index (χ3n) is 13.4. The number of nitrogens with zero attached hydrogens (tertiary/aromatic N) is 2. The molecule has 0 aliphatic carbocycles. The standard InChI is InChI=1S/C55H88N16O12/c1-9-31(8)44(71-45(74)35(56)17-13-23-62-54(58)59)52(81)67-38(25-32-15-11-10-12-16-32)48(77)69-41(28(2)3)50(79)64-36(18-14-24-63-55(60)61)46(75)68-42(29(4)5)51(80)66-37(26-33-19-21-34(72)22-20-33)47(76)65-39(27-40(57)73)49(78)70-43(30(6)7)53(82)83/h10-12,15-16,19-22,28-31,35-39,41-44,72H,9,13-14,17-18,23-27,56H2,1-8H3,(H2,57,73)(H,64,79)(H,65,76)(H,66,80)(H,67,81)(H,68,75)(H,69,77)(H,70,78)(H,71,74)(H,82,83)(H4,58,59,62)(H4,60,61,63)/t31-,35-,36-,37-,38-,39-,41-,42-,43-,44-/m0/s1. The molecular formula is C55H88N16O12. The van der Waals surface area contributed by atoms with Crippen LogP contribution in [0.1, 0.15) is 105 Å². The number of aliphatic imine (C=N–C) groups is 2. The first-order chi connectivity index (χ1) is 38.9. The van der Waals surface area contributed by atoms with Crippen molar-refractivity contribution in [2.45, 2.75) is 161 Å². The molecule has 10 atom stereocenters. The molecule has 0 aliphatic rings. The van der Waals surface area contributed by atoms with Crippen molar-refractivity contribution in [1.82, 2.24) is 42.5 Å². The Balaban J connectivity index is 2.52. The van der Waals surface area contributed by atoms with E-state index >= 15 is 0 Å². The highest BCUT2D eigenvalue weighted by atomic mass is 16.4. The monoisotopic (exact) mass is 1160 g/mol. The second kappa shape index (κ2) is 35.3. The molecule has 0 spiro atoms. The molecule has 0 bridgehead atoms. The van der Waals surface area contributed by atoms with Crippen LogP contribution in [0.4, 0.5) is 0 Å². The maximum atomic E-state index is 14.5. The van der Waals surface area contributed by atoms with Crippen LogP contribution in [0.3, 0.4) is 0 Å². The van der Waals surface area contributed by atoms with Crippen molar-refractivity contribution in [3.63, 3.8) is 0 Å². The minimum absolute atomic E-state index is 0.0159. The van der Waals surface area contributed by atoms with Gasteiger partial charge in [0, 0.05) is 25.9 Å². The van der Waals surface area contributed by atoms with Crippen LogP contribution in [-0.4, -0.2) is 149 Å². The van der Waals surface area contributed by atoms with Crippen molar-refractivity contribution in [3.8, 4) is 5.75 Å². The van der Waals surface area contributed by atoms with E-state index in [1.807, 2.05) is 6.92 Å². The van der Waals surface area contributed by atoms with E-state index in [1.54, 1.807) is 65.0 Å². The number of carbonyl (C=O) groups is 10. The summed E-state index contributed by atoms with van der Waals surface area (Å²) in [5.41, 5.74) is 34.6. The highest BCUT2D eigenvalue weighted by molar-refractivity contribution is 5.99. The Kier molecular flexibility index (Phi) is 30.0. The molecule has 9 amide bonds. The van der Waals surface area contributed by atoms with Gasteiger partial charge in [-0.25, -0.2) is 4.79 Å². The van der Waals surface area contributed by atoms with Crippen molar-refractivity contribution in [2.75, 3.05) is 13.1 Å². The summed E-state index contributed by atoms with van der Waals surface area (Å²) in [6.07, 6.45) is -0.0116. The quantitative estimate of drug-likeness (QED) is 0.0190. The van der Waals surface area contributed by atoms with Crippen molar-refractivity contribution in [1.29, 1.82) is 0 Å². The number of phenolic OH excluding ortho intramolecular Hbond substituents is 1. The smallest absolute Gasteiger partial charge is 0.326 e. The molecule has 2 aromatic rings. The van der Waals surface area contributed by atoms with Gasteiger partial charge in [-0.05, 0) is 72.6 Å². The van der Waals surface area contributed by atoms with Gasteiger partial charge in [0.2, 0.25) is 53.2 Å². The lowest BCUT2D eigenvalue weighted by Gasteiger charge is -2.30. The number of aliphatic carboxylic acids is 1. The lowest BCUT2D eigenvalue weighted by molar-refractivity contribution is -0.143. The summed E-state index contributed by atoms with van der Waals surface area (Å²) < 4.78 is 0. The number of aromatic hydroxyl groups is 1. The van der Waals surface area contributed by atoms with E-state index in [1.165, 1.54) is 38.1 Å². The van der Waals surface area contributed by atoms with Crippen molar-refractivity contribution in [2.24, 2.45) is 68.1 Å². The summed E-state index contributed by atoms with van der Waals surface area (Å²) in [6, 6.07) is 2.07.